The minimum Gasteiger partial charge on any atom is -0.393 e. The first-order valence-corrected chi connectivity index (χ1v) is 9.80. The number of hydrogen-bond donors (Lipinski definition) is 1. The lowest BCUT2D eigenvalue weighted by Gasteiger charge is -2.37. The fraction of sp³-hybridized carbons (Fsp3) is 1.00. The first-order chi connectivity index (χ1) is 9.37. The van der Waals surface area contributed by atoms with Gasteiger partial charge in [-0.15, -0.1) is 0 Å². The first-order valence-electron chi connectivity index (χ1n) is 7.98. The second kappa shape index (κ2) is 6.75. The molecule has 5 heteroatoms. The van der Waals surface area contributed by atoms with Gasteiger partial charge in [0.25, 0.3) is 0 Å². The number of sulfone groups is 1. The van der Waals surface area contributed by atoms with Crippen LogP contribution >= 0.6 is 0 Å². The molecule has 0 aromatic rings. The highest BCUT2D eigenvalue weighted by Crippen LogP contribution is 2.34. The van der Waals surface area contributed by atoms with Crippen LogP contribution in [0.25, 0.3) is 0 Å². The van der Waals surface area contributed by atoms with Gasteiger partial charge in [-0.2, -0.15) is 0 Å². The molecule has 2 fully saturated rings. The zero-order chi connectivity index (χ0) is 14.8. The predicted molar refractivity (Wildman–Crippen MR) is 81.4 cm³/mol. The molecule has 0 spiro atoms. The Morgan fingerprint density at radius 2 is 1.95 bits per heavy atom. The summed E-state index contributed by atoms with van der Waals surface area (Å²) >= 11 is 0. The lowest BCUT2D eigenvalue weighted by atomic mass is 9.74. The quantitative estimate of drug-likeness (QED) is 0.859. The Kier molecular flexibility index (Phi) is 5.49. The van der Waals surface area contributed by atoms with E-state index in [-0.39, 0.29) is 11.9 Å². The minimum absolute atomic E-state index is 0.204. The summed E-state index contributed by atoms with van der Waals surface area (Å²) in [5.74, 6) is 2.31. The lowest BCUT2D eigenvalue weighted by molar-refractivity contribution is 0.0197. The molecule has 0 radical (unpaired) electrons. The van der Waals surface area contributed by atoms with Crippen LogP contribution < -0.4 is 0 Å². The van der Waals surface area contributed by atoms with Gasteiger partial charge < -0.3 is 10.0 Å². The third-order valence-corrected chi connectivity index (χ3v) is 6.78. The topological polar surface area (TPSA) is 57.6 Å². The van der Waals surface area contributed by atoms with Gasteiger partial charge in [-0.3, -0.25) is 0 Å². The normalized spacial score (nSPS) is 35.9. The van der Waals surface area contributed by atoms with Crippen LogP contribution in [-0.4, -0.2) is 55.7 Å². The maximum atomic E-state index is 11.6. The van der Waals surface area contributed by atoms with E-state index >= 15 is 0 Å². The molecular formula is C15H29NO3S. The van der Waals surface area contributed by atoms with Crippen molar-refractivity contribution in [3.63, 3.8) is 0 Å². The number of hydrogen-bond acceptors (Lipinski definition) is 4. The highest BCUT2D eigenvalue weighted by atomic mass is 32.2. The van der Waals surface area contributed by atoms with Gasteiger partial charge in [0.1, 0.15) is 0 Å². The third kappa shape index (κ3) is 4.43. The Bertz CT molecular complexity index is 407. The van der Waals surface area contributed by atoms with Crippen LogP contribution in [-0.2, 0) is 9.84 Å². The van der Waals surface area contributed by atoms with E-state index in [1.807, 2.05) is 0 Å². The van der Waals surface area contributed by atoms with Crippen LogP contribution in [0, 0.1) is 17.8 Å². The van der Waals surface area contributed by atoms with Crippen molar-refractivity contribution in [1.29, 1.82) is 0 Å². The molecule has 0 amide bonds. The zero-order valence-corrected chi connectivity index (χ0v) is 13.6. The Labute approximate surface area is 123 Å². The molecule has 1 aliphatic heterocycles. The molecule has 0 aromatic heterocycles. The van der Waals surface area contributed by atoms with Gasteiger partial charge in [0.15, 0.2) is 9.84 Å². The molecule has 1 N–H and O–H groups in total. The van der Waals surface area contributed by atoms with Gasteiger partial charge in [0.2, 0.25) is 0 Å². The summed E-state index contributed by atoms with van der Waals surface area (Å²) in [6.07, 6.45) is 3.65. The van der Waals surface area contributed by atoms with E-state index in [9.17, 15) is 13.5 Å². The second-order valence-corrected chi connectivity index (χ2v) is 9.25. The Hall–Kier alpha value is -0.130. The Balaban J connectivity index is 1.90. The molecule has 2 rings (SSSR count). The van der Waals surface area contributed by atoms with Crippen molar-refractivity contribution >= 4 is 9.84 Å². The van der Waals surface area contributed by atoms with Crippen LogP contribution in [0.3, 0.4) is 0 Å². The molecule has 1 saturated carbocycles. The third-order valence-electron chi connectivity index (χ3n) is 5.07. The molecule has 20 heavy (non-hydrogen) atoms. The van der Waals surface area contributed by atoms with Crippen LogP contribution in [0.2, 0.25) is 0 Å². The van der Waals surface area contributed by atoms with Crippen molar-refractivity contribution < 1.29 is 13.5 Å². The summed E-state index contributed by atoms with van der Waals surface area (Å²) in [7, 11) is -2.83. The van der Waals surface area contributed by atoms with Crippen LogP contribution in [0.1, 0.15) is 39.5 Å². The van der Waals surface area contributed by atoms with Gasteiger partial charge in [-0.1, -0.05) is 13.8 Å². The SMILES string of the molecule is CC(C)C1CCC(O)C(CN2CCCS(=O)(=O)CC2)C1. The van der Waals surface area contributed by atoms with Crippen molar-refractivity contribution in [2.24, 2.45) is 17.8 Å². The maximum absolute atomic E-state index is 11.6. The fourth-order valence-electron chi connectivity index (χ4n) is 3.59. The molecule has 4 nitrogen and oxygen atoms in total. The molecule has 0 bridgehead atoms. The molecule has 3 unspecified atom stereocenters. The molecule has 118 valence electrons. The van der Waals surface area contributed by atoms with E-state index < -0.39 is 9.84 Å². The summed E-state index contributed by atoms with van der Waals surface area (Å²) in [5, 5.41) is 10.2. The predicted octanol–water partition coefficient (Wildman–Crippen LogP) is 1.54. The number of aliphatic hydroxyl groups excluding tert-OH is 1. The van der Waals surface area contributed by atoms with E-state index in [0.29, 0.717) is 30.1 Å². The smallest absolute Gasteiger partial charge is 0.151 e. The monoisotopic (exact) mass is 303 g/mol. The van der Waals surface area contributed by atoms with Gasteiger partial charge in [0.05, 0.1) is 17.6 Å². The molecule has 1 saturated heterocycles. The highest BCUT2D eigenvalue weighted by molar-refractivity contribution is 7.91. The minimum atomic E-state index is -2.83. The van der Waals surface area contributed by atoms with E-state index in [4.69, 9.17) is 0 Å². The van der Waals surface area contributed by atoms with Crippen molar-refractivity contribution in [2.45, 2.75) is 45.6 Å². The Morgan fingerprint density at radius 1 is 1.20 bits per heavy atom. The van der Waals surface area contributed by atoms with Crippen molar-refractivity contribution in [3.8, 4) is 0 Å². The highest BCUT2D eigenvalue weighted by Gasteiger charge is 2.32. The average molecular weight is 303 g/mol. The number of aliphatic hydroxyl groups is 1. The summed E-state index contributed by atoms with van der Waals surface area (Å²) in [6, 6.07) is 0. The van der Waals surface area contributed by atoms with E-state index in [1.165, 1.54) is 0 Å². The van der Waals surface area contributed by atoms with Crippen LogP contribution in [0.5, 0.6) is 0 Å². The summed E-state index contributed by atoms with van der Waals surface area (Å²) in [6.45, 7) is 6.88. The van der Waals surface area contributed by atoms with E-state index in [2.05, 4.69) is 18.7 Å². The van der Waals surface area contributed by atoms with Gasteiger partial charge >= 0.3 is 0 Å². The van der Waals surface area contributed by atoms with E-state index in [0.717, 1.165) is 38.8 Å². The first kappa shape index (κ1) is 16.2. The van der Waals surface area contributed by atoms with Crippen LogP contribution in [0.15, 0.2) is 0 Å². The van der Waals surface area contributed by atoms with Crippen molar-refractivity contribution in [3.05, 3.63) is 0 Å². The van der Waals surface area contributed by atoms with Gasteiger partial charge in [-0.05, 0) is 50.0 Å². The summed E-state index contributed by atoms with van der Waals surface area (Å²) in [5.41, 5.74) is 0. The fourth-order valence-corrected chi connectivity index (χ4v) is 4.90. The number of nitrogens with zero attached hydrogens (tertiary/aromatic N) is 1. The molecule has 0 aromatic carbocycles. The van der Waals surface area contributed by atoms with Gasteiger partial charge in [-0.25, -0.2) is 8.42 Å². The molecule has 1 heterocycles. The van der Waals surface area contributed by atoms with E-state index in [1.54, 1.807) is 0 Å². The largest absolute Gasteiger partial charge is 0.393 e. The second-order valence-electron chi connectivity index (χ2n) is 6.95. The molecule has 2 aliphatic rings. The summed E-state index contributed by atoms with van der Waals surface area (Å²) < 4.78 is 23.3. The Morgan fingerprint density at radius 3 is 2.65 bits per heavy atom. The van der Waals surface area contributed by atoms with Gasteiger partial charge in [0, 0.05) is 13.1 Å². The average Bonchev–Trinajstić information content (AvgIpc) is 2.53. The molecular weight excluding hydrogens is 274 g/mol. The van der Waals surface area contributed by atoms with Crippen molar-refractivity contribution in [2.75, 3.05) is 31.1 Å². The van der Waals surface area contributed by atoms with Crippen molar-refractivity contribution in [1.82, 2.24) is 4.90 Å². The standard InChI is InChI=1S/C15H29NO3S/c1-12(2)13-4-5-15(17)14(10-13)11-16-6-3-8-20(18,19)9-7-16/h12-15,17H,3-11H2,1-2H3. The lowest BCUT2D eigenvalue weighted by Crippen LogP contribution is -2.40. The van der Waals surface area contributed by atoms with Crippen LogP contribution in [0.4, 0.5) is 0 Å². The summed E-state index contributed by atoms with van der Waals surface area (Å²) in [4.78, 5) is 2.25. The molecule has 1 aliphatic carbocycles. The zero-order valence-electron chi connectivity index (χ0n) is 12.8. The molecule has 3 atom stereocenters. The number of rotatable bonds is 3. The maximum Gasteiger partial charge on any atom is 0.151 e.